The minimum atomic E-state index is -0.888. The third-order valence-corrected chi connectivity index (χ3v) is 3.12. The van der Waals surface area contributed by atoms with Crippen LogP contribution in [0.4, 0.5) is 5.69 Å². The molecule has 0 saturated heterocycles. The predicted molar refractivity (Wildman–Crippen MR) is 69.4 cm³/mol. The van der Waals surface area contributed by atoms with Gasteiger partial charge in [-0.25, -0.2) is 4.79 Å². The summed E-state index contributed by atoms with van der Waals surface area (Å²) in [7, 11) is 0. The highest BCUT2D eigenvalue weighted by molar-refractivity contribution is 7.98. The second-order valence-corrected chi connectivity index (χ2v) is 4.74. The molecule has 2 N–H and O–H groups in total. The molecule has 88 valence electrons. The van der Waals surface area contributed by atoms with E-state index < -0.39 is 5.97 Å². The zero-order valence-electron chi connectivity index (χ0n) is 9.56. The van der Waals surface area contributed by atoms with Crippen LogP contribution in [0.15, 0.2) is 24.3 Å². The van der Waals surface area contributed by atoms with Gasteiger partial charge in [-0.2, -0.15) is 11.8 Å². The van der Waals surface area contributed by atoms with Gasteiger partial charge in [0.15, 0.2) is 0 Å². The molecule has 3 nitrogen and oxygen atoms in total. The lowest BCUT2D eigenvalue weighted by Crippen LogP contribution is -2.13. The predicted octanol–water partition coefficient (Wildman–Crippen LogP) is 2.80. The summed E-state index contributed by atoms with van der Waals surface area (Å²) in [5.41, 5.74) is 1.19. The van der Waals surface area contributed by atoms with Crippen LogP contribution in [0.25, 0.3) is 0 Å². The van der Waals surface area contributed by atoms with Gasteiger partial charge in [0.1, 0.15) is 0 Å². The number of nitrogens with one attached hydrogen (secondary N) is 1. The van der Waals surface area contributed by atoms with Gasteiger partial charge in [0.2, 0.25) is 0 Å². The second-order valence-electron chi connectivity index (χ2n) is 3.83. The second kappa shape index (κ2) is 6.43. The summed E-state index contributed by atoms with van der Waals surface area (Å²) in [5.74, 6) is 0.787. The topological polar surface area (TPSA) is 49.3 Å². The average molecular weight is 239 g/mol. The summed E-state index contributed by atoms with van der Waals surface area (Å²) in [4.78, 5) is 10.8. The van der Waals surface area contributed by atoms with E-state index in [0.29, 0.717) is 11.5 Å². The summed E-state index contributed by atoms with van der Waals surface area (Å²) >= 11 is 1.82. The molecule has 1 unspecified atom stereocenters. The molecule has 0 aliphatic heterocycles. The monoisotopic (exact) mass is 239 g/mol. The molecular formula is C12H17NO2S. The number of aromatic carboxylic acids is 1. The van der Waals surface area contributed by atoms with Crippen molar-refractivity contribution >= 4 is 23.4 Å². The maximum absolute atomic E-state index is 10.8. The van der Waals surface area contributed by atoms with Gasteiger partial charge >= 0.3 is 5.97 Å². The quantitative estimate of drug-likeness (QED) is 0.801. The molecule has 0 radical (unpaired) electrons. The van der Waals surface area contributed by atoms with Crippen molar-refractivity contribution in [2.75, 3.05) is 23.9 Å². The van der Waals surface area contributed by atoms with Crippen molar-refractivity contribution in [2.24, 2.45) is 5.92 Å². The van der Waals surface area contributed by atoms with Crippen molar-refractivity contribution in [3.05, 3.63) is 29.8 Å². The smallest absolute Gasteiger partial charge is 0.335 e. The lowest BCUT2D eigenvalue weighted by atomic mass is 10.2. The molecular weight excluding hydrogens is 222 g/mol. The summed E-state index contributed by atoms with van der Waals surface area (Å²) < 4.78 is 0. The van der Waals surface area contributed by atoms with E-state index in [1.807, 2.05) is 17.8 Å². The van der Waals surface area contributed by atoms with Gasteiger partial charge in [0, 0.05) is 12.2 Å². The van der Waals surface area contributed by atoms with Crippen LogP contribution in [0.5, 0.6) is 0 Å². The lowest BCUT2D eigenvalue weighted by molar-refractivity contribution is 0.0697. The molecule has 1 rings (SSSR count). The highest BCUT2D eigenvalue weighted by Gasteiger charge is 2.04. The third-order valence-electron chi connectivity index (χ3n) is 2.22. The van der Waals surface area contributed by atoms with Crippen LogP contribution < -0.4 is 5.32 Å². The Balaban J connectivity index is 2.54. The van der Waals surface area contributed by atoms with Gasteiger partial charge in [-0.1, -0.05) is 13.0 Å². The number of carboxylic acid groups (broad SMARTS) is 1. The maximum atomic E-state index is 10.8. The lowest BCUT2D eigenvalue weighted by Gasteiger charge is -2.12. The Hall–Kier alpha value is -1.16. The van der Waals surface area contributed by atoms with Crippen LogP contribution in [-0.2, 0) is 0 Å². The average Bonchev–Trinajstić information content (AvgIpc) is 2.27. The van der Waals surface area contributed by atoms with Gasteiger partial charge in [0.25, 0.3) is 0 Å². The zero-order chi connectivity index (χ0) is 12.0. The van der Waals surface area contributed by atoms with E-state index in [-0.39, 0.29) is 0 Å². The van der Waals surface area contributed by atoms with E-state index in [9.17, 15) is 4.79 Å². The Morgan fingerprint density at radius 3 is 2.94 bits per heavy atom. The molecule has 16 heavy (non-hydrogen) atoms. The Kier molecular flexibility index (Phi) is 5.19. The van der Waals surface area contributed by atoms with Crippen LogP contribution >= 0.6 is 11.8 Å². The molecule has 0 saturated carbocycles. The van der Waals surface area contributed by atoms with Gasteiger partial charge in [-0.05, 0) is 36.1 Å². The first-order chi connectivity index (χ1) is 7.63. The van der Waals surface area contributed by atoms with Crippen LogP contribution in [0.1, 0.15) is 17.3 Å². The number of carboxylic acids is 1. The first-order valence-electron chi connectivity index (χ1n) is 5.19. The molecule has 0 bridgehead atoms. The third kappa shape index (κ3) is 4.14. The van der Waals surface area contributed by atoms with Crippen molar-refractivity contribution in [3.63, 3.8) is 0 Å². The fourth-order valence-electron chi connectivity index (χ4n) is 1.40. The van der Waals surface area contributed by atoms with E-state index >= 15 is 0 Å². The fourth-order valence-corrected chi connectivity index (χ4v) is 2.08. The Morgan fingerprint density at radius 2 is 2.31 bits per heavy atom. The normalized spacial score (nSPS) is 12.1. The number of rotatable bonds is 6. The number of hydrogen-bond donors (Lipinski definition) is 2. The summed E-state index contributed by atoms with van der Waals surface area (Å²) in [6.07, 6.45) is 2.08. The maximum Gasteiger partial charge on any atom is 0.335 e. The van der Waals surface area contributed by atoms with Gasteiger partial charge < -0.3 is 10.4 Å². The van der Waals surface area contributed by atoms with Crippen molar-refractivity contribution in [3.8, 4) is 0 Å². The van der Waals surface area contributed by atoms with Gasteiger partial charge in [0.05, 0.1) is 5.56 Å². The largest absolute Gasteiger partial charge is 0.478 e. The Morgan fingerprint density at radius 1 is 1.56 bits per heavy atom. The Labute approximate surface area is 100 Å². The van der Waals surface area contributed by atoms with Crippen molar-refractivity contribution in [2.45, 2.75) is 6.92 Å². The first-order valence-corrected chi connectivity index (χ1v) is 6.59. The van der Waals surface area contributed by atoms with E-state index in [4.69, 9.17) is 5.11 Å². The highest BCUT2D eigenvalue weighted by atomic mass is 32.2. The number of carbonyl (C=O) groups is 1. The summed E-state index contributed by atoms with van der Waals surface area (Å²) in [6, 6.07) is 6.90. The van der Waals surface area contributed by atoms with Crippen LogP contribution in [0, 0.1) is 5.92 Å². The minimum absolute atomic E-state index is 0.322. The highest BCUT2D eigenvalue weighted by Crippen LogP contribution is 2.12. The van der Waals surface area contributed by atoms with Crippen LogP contribution in [-0.4, -0.2) is 29.6 Å². The SMILES string of the molecule is CSCC(C)CNc1cccc(C(=O)O)c1. The van der Waals surface area contributed by atoms with Crippen LogP contribution in [0.2, 0.25) is 0 Å². The molecule has 0 amide bonds. The van der Waals surface area contributed by atoms with E-state index in [1.54, 1.807) is 18.2 Å². The first kappa shape index (κ1) is 12.9. The number of hydrogen-bond acceptors (Lipinski definition) is 3. The van der Waals surface area contributed by atoms with Crippen molar-refractivity contribution in [1.29, 1.82) is 0 Å². The summed E-state index contributed by atoms with van der Waals surface area (Å²) in [5, 5.41) is 12.1. The van der Waals surface area contributed by atoms with Gasteiger partial charge in [-0.3, -0.25) is 0 Å². The van der Waals surface area contributed by atoms with E-state index in [2.05, 4.69) is 18.5 Å². The molecule has 0 aromatic heterocycles. The van der Waals surface area contributed by atoms with Crippen molar-refractivity contribution in [1.82, 2.24) is 0 Å². The molecule has 1 aromatic carbocycles. The standard InChI is InChI=1S/C12H17NO2S/c1-9(8-16-2)7-13-11-5-3-4-10(6-11)12(14)15/h3-6,9,13H,7-8H2,1-2H3,(H,14,15). The minimum Gasteiger partial charge on any atom is -0.478 e. The van der Waals surface area contributed by atoms with Crippen molar-refractivity contribution < 1.29 is 9.90 Å². The van der Waals surface area contributed by atoms with Crippen LogP contribution in [0.3, 0.4) is 0 Å². The molecule has 1 aromatic rings. The molecule has 1 atom stereocenters. The summed E-state index contributed by atoms with van der Waals surface area (Å²) in [6.45, 7) is 3.04. The number of anilines is 1. The van der Waals surface area contributed by atoms with E-state index in [0.717, 1.165) is 18.0 Å². The number of thioether (sulfide) groups is 1. The van der Waals surface area contributed by atoms with Gasteiger partial charge in [-0.15, -0.1) is 0 Å². The van der Waals surface area contributed by atoms with E-state index in [1.165, 1.54) is 0 Å². The molecule has 4 heteroatoms. The molecule has 0 spiro atoms. The molecule has 0 fully saturated rings. The molecule has 0 aliphatic carbocycles. The Bertz CT molecular complexity index is 355. The number of benzene rings is 1. The fraction of sp³-hybridized carbons (Fsp3) is 0.417. The molecule has 0 aliphatic rings. The zero-order valence-corrected chi connectivity index (χ0v) is 10.4. The molecule has 0 heterocycles.